The minimum Gasteiger partial charge on any atom is -0.478 e. The third-order valence-corrected chi connectivity index (χ3v) is 3.51. The lowest BCUT2D eigenvalue weighted by Gasteiger charge is -2.10. The van der Waals surface area contributed by atoms with E-state index in [1.807, 2.05) is 0 Å². The van der Waals surface area contributed by atoms with Crippen molar-refractivity contribution in [1.29, 1.82) is 0 Å². The summed E-state index contributed by atoms with van der Waals surface area (Å²) < 4.78 is 25.8. The normalized spacial score (nSPS) is 11.7. The number of anilines is 1. The standard InChI is InChI=1S/C11H15N5O4S/c1-16-10-7(6-14-16)9(8(5-13-10)11(17)18)12-3-4-15-21(2,19)20/h5-6,15H,3-4H2,1-2H3,(H,12,13)(H,17,18). The van der Waals surface area contributed by atoms with Gasteiger partial charge in [0.25, 0.3) is 0 Å². The number of aryl methyl sites for hydroxylation is 1. The van der Waals surface area contributed by atoms with Crippen LogP contribution in [0.15, 0.2) is 12.4 Å². The zero-order chi connectivity index (χ0) is 15.6. The van der Waals surface area contributed by atoms with Crippen molar-refractivity contribution in [2.75, 3.05) is 24.7 Å². The zero-order valence-corrected chi connectivity index (χ0v) is 12.3. The summed E-state index contributed by atoms with van der Waals surface area (Å²) in [7, 11) is -1.58. The highest BCUT2D eigenvalue weighted by Crippen LogP contribution is 2.25. The third-order valence-electron chi connectivity index (χ3n) is 2.78. The second kappa shape index (κ2) is 5.66. The number of carboxylic acid groups (broad SMARTS) is 1. The summed E-state index contributed by atoms with van der Waals surface area (Å²) in [6, 6.07) is 0. The van der Waals surface area contributed by atoms with Gasteiger partial charge >= 0.3 is 5.97 Å². The lowest BCUT2D eigenvalue weighted by molar-refractivity contribution is 0.0697. The summed E-state index contributed by atoms with van der Waals surface area (Å²) in [6.45, 7) is 0.378. The van der Waals surface area contributed by atoms with Gasteiger partial charge in [-0.2, -0.15) is 5.10 Å². The van der Waals surface area contributed by atoms with Gasteiger partial charge in [-0.15, -0.1) is 0 Å². The molecule has 0 bridgehead atoms. The molecule has 0 radical (unpaired) electrons. The van der Waals surface area contributed by atoms with Crippen molar-refractivity contribution in [2.45, 2.75) is 0 Å². The molecule has 10 heteroatoms. The highest BCUT2D eigenvalue weighted by Gasteiger charge is 2.16. The summed E-state index contributed by atoms with van der Waals surface area (Å²) in [4.78, 5) is 15.3. The van der Waals surface area contributed by atoms with Gasteiger partial charge in [-0.1, -0.05) is 0 Å². The molecule has 0 unspecified atom stereocenters. The van der Waals surface area contributed by atoms with Crippen LogP contribution in [0.3, 0.4) is 0 Å². The molecular weight excluding hydrogens is 298 g/mol. The fraction of sp³-hybridized carbons (Fsp3) is 0.364. The van der Waals surface area contributed by atoms with Crippen molar-refractivity contribution >= 4 is 32.7 Å². The second-order valence-electron chi connectivity index (χ2n) is 4.45. The molecule has 3 N–H and O–H groups in total. The van der Waals surface area contributed by atoms with E-state index >= 15 is 0 Å². The van der Waals surface area contributed by atoms with E-state index in [-0.39, 0.29) is 18.7 Å². The number of aromatic nitrogens is 3. The molecule has 0 aliphatic rings. The maximum absolute atomic E-state index is 11.2. The number of sulfonamides is 1. The predicted molar refractivity (Wildman–Crippen MR) is 76.8 cm³/mol. The van der Waals surface area contributed by atoms with Crippen LogP contribution >= 0.6 is 0 Å². The molecule has 2 rings (SSSR count). The van der Waals surface area contributed by atoms with E-state index in [0.29, 0.717) is 16.7 Å². The summed E-state index contributed by atoms with van der Waals surface area (Å²) in [6.07, 6.45) is 3.82. The fourth-order valence-electron chi connectivity index (χ4n) is 1.87. The monoisotopic (exact) mass is 313 g/mol. The number of carboxylic acids is 1. The second-order valence-corrected chi connectivity index (χ2v) is 6.28. The average Bonchev–Trinajstić information content (AvgIpc) is 2.75. The molecule has 2 heterocycles. The Morgan fingerprint density at radius 3 is 2.71 bits per heavy atom. The molecule has 0 fully saturated rings. The Morgan fingerprint density at radius 1 is 1.38 bits per heavy atom. The van der Waals surface area contributed by atoms with Gasteiger partial charge in [-0.25, -0.2) is 22.9 Å². The van der Waals surface area contributed by atoms with Crippen molar-refractivity contribution in [3.05, 3.63) is 18.0 Å². The minimum atomic E-state index is -3.28. The number of hydrogen-bond donors (Lipinski definition) is 3. The highest BCUT2D eigenvalue weighted by atomic mass is 32.2. The molecule has 0 saturated carbocycles. The first-order chi connectivity index (χ1) is 9.79. The summed E-state index contributed by atoms with van der Waals surface area (Å²) >= 11 is 0. The molecule has 0 atom stereocenters. The van der Waals surface area contributed by atoms with Crippen LogP contribution in [0.25, 0.3) is 11.0 Å². The van der Waals surface area contributed by atoms with Gasteiger partial charge in [0.2, 0.25) is 10.0 Å². The van der Waals surface area contributed by atoms with Crippen LogP contribution in [-0.4, -0.2) is 53.6 Å². The van der Waals surface area contributed by atoms with Gasteiger partial charge < -0.3 is 10.4 Å². The van der Waals surface area contributed by atoms with Gasteiger partial charge in [0, 0.05) is 26.3 Å². The number of nitrogens with zero attached hydrogens (tertiary/aromatic N) is 3. The van der Waals surface area contributed by atoms with Crippen LogP contribution in [-0.2, 0) is 17.1 Å². The Kier molecular flexibility index (Phi) is 4.09. The van der Waals surface area contributed by atoms with Crippen LogP contribution < -0.4 is 10.0 Å². The predicted octanol–water partition coefficient (Wildman–Crippen LogP) is -0.372. The number of rotatable bonds is 6. The van der Waals surface area contributed by atoms with E-state index in [4.69, 9.17) is 0 Å². The van der Waals surface area contributed by atoms with Crippen LogP contribution in [0, 0.1) is 0 Å². The van der Waals surface area contributed by atoms with Gasteiger partial charge in [0.05, 0.1) is 23.5 Å². The number of pyridine rings is 1. The summed E-state index contributed by atoms with van der Waals surface area (Å²) in [5.74, 6) is -1.12. The van der Waals surface area contributed by atoms with Crippen LogP contribution in [0.5, 0.6) is 0 Å². The summed E-state index contributed by atoms with van der Waals surface area (Å²) in [5, 5.41) is 16.7. The Morgan fingerprint density at radius 2 is 2.10 bits per heavy atom. The lowest BCUT2D eigenvalue weighted by Crippen LogP contribution is -2.28. The Labute approximate surface area is 121 Å². The SMILES string of the molecule is Cn1ncc2c(NCCNS(C)(=O)=O)c(C(=O)O)cnc21. The van der Waals surface area contributed by atoms with Crippen molar-refractivity contribution < 1.29 is 18.3 Å². The number of carbonyl (C=O) groups is 1. The molecule has 0 aromatic carbocycles. The Hall–Kier alpha value is -2.20. The van der Waals surface area contributed by atoms with Gasteiger partial charge in [0.15, 0.2) is 5.65 Å². The first-order valence-electron chi connectivity index (χ1n) is 6.02. The van der Waals surface area contributed by atoms with E-state index in [9.17, 15) is 18.3 Å². The van der Waals surface area contributed by atoms with E-state index in [1.165, 1.54) is 17.1 Å². The van der Waals surface area contributed by atoms with Crippen molar-refractivity contribution in [2.24, 2.45) is 7.05 Å². The Balaban J connectivity index is 2.27. The van der Waals surface area contributed by atoms with Gasteiger partial charge in [-0.05, 0) is 0 Å². The number of nitrogens with one attached hydrogen (secondary N) is 2. The third kappa shape index (κ3) is 3.47. The molecule has 114 valence electrons. The molecule has 0 saturated heterocycles. The quantitative estimate of drug-likeness (QED) is 0.621. The molecule has 0 aliphatic carbocycles. The molecule has 0 aliphatic heterocycles. The van der Waals surface area contributed by atoms with Crippen molar-refractivity contribution in [3.8, 4) is 0 Å². The van der Waals surface area contributed by atoms with Crippen molar-refractivity contribution in [3.63, 3.8) is 0 Å². The van der Waals surface area contributed by atoms with Crippen LogP contribution in [0.2, 0.25) is 0 Å². The minimum absolute atomic E-state index is 0.00913. The maximum Gasteiger partial charge on any atom is 0.339 e. The van der Waals surface area contributed by atoms with Crippen LogP contribution in [0.1, 0.15) is 10.4 Å². The molecule has 9 nitrogen and oxygen atoms in total. The maximum atomic E-state index is 11.2. The fourth-order valence-corrected chi connectivity index (χ4v) is 2.35. The summed E-state index contributed by atoms with van der Waals surface area (Å²) in [5.41, 5.74) is 0.921. The largest absolute Gasteiger partial charge is 0.478 e. The van der Waals surface area contributed by atoms with Gasteiger partial charge in [0.1, 0.15) is 5.56 Å². The lowest BCUT2D eigenvalue weighted by atomic mass is 10.2. The number of fused-ring (bicyclic) bond motifs is 1. The highest BCUT2D eigenvalue weighted by molar-refractivity contribution is 7.88. The number of hydrogen-bond acceptors (Lipinski definition) is 6. The number of aromatic carboxylic acids is 1. The molecule has 2 aromatic heterocycles. The molecular formula is C11H15N5O4S. The zero-order valence-electron chi connectivity index (χ0n) is 11.5. The first kappa shape index (κ1) is 15.2. The molecule has 2 aromatic rings. The Bertz CT molecular complexity index is 783. The molecule has 0 amide bonds. The van der Waals surface area contributed by atoms with Gasteiger partial charge in [-0.3, -0.25) is 4.68 Å². The van der Waals surface area contributed by atoms with E-state index in [0.717, 1.165) is 6.26 Å². The average molecular weight is 313 g/mol. The topological polar surface area (TPSA) is 126 Å². The molecule has 0 spiro atoms. The van der Waals surface area contributed by atoms with Crippen molar-refractivity contribution in [1.82, 2.24) is 19.5 Å². The van der Waals surface area contributed by atoms with E-state index in [1.54, 1.807) is 7.05 Å². The van der Waals surface area contributed by atoms with E-state index < -0.39 is 16.0 Å². The molecule has 21 heavy (non-hydrogen) atoms. The smallest absolute Gasteiger partial charge is 0.339 e. The van der Waals surface area contributed by atoms with E-state index in [2.05, 4.69) is 20.1 Å². The van der Waals surface area contributed by atoms with Crippen LogP contribution in [0.4, 0.5) is 5.69 Å². The first-order valence-corrected chi connectivity index (χ1v) is 7.91.